The van der Waals surface area contributed by atoms with Gasteiger partial charge in [0.25, 0.3) is 0 Å². The summed E-state index contributed by atoms with van der Waals surface area (Å²) in [6, 6.07) is 2.82. The van der Waals surface area contributed by atoms with E-state index >= 15 is 0 Å². The van der Waals surface area contributed by atoms with Gasteiger partial charge in [-0.3, -0.25) is 19.3 Å². The molecule has 0 radical (unpaired) electrons. The zero-order valence-corrected chi connectivity index (χ0v) is 15.6. The quantitative estimate of drug-likeness (QED) is 0.579. The van der Waals surface area contributed by atoms with Gasteiger partial charge in [0.2, 0.25) is 17.7 Å². The molecule has 0 saturated carbocycles. The predicted molar refractivity (Wildman–Crippen MR) is 95.6 cm³/mol. The maximum absolute atomic E-state index is 13.1. The molecule has 26 heavy (non-hydrogen) atoms. The number of carbonyl (C=O) groups is 3. The fourth-order valence-electron chi connectivity index (χ4n) is 3.86. The van der Waals surface area contributed by atoms with E-state index in [0.717, 1.165) is 0 Å². The van der Waals surface area contributed by atoms with Crippen molar-refractivity contribution in [1.29, 1.82) is 0 Å². The van der Waals surface area contributed by atoms with Crippen molar-refractivity contribution in [3.05, 3.63) is 36.3 Å². The number of rotatable bonds is 6. The molecule has 140 valence electrons. The Labute approximate surface area is 153 Å². The van der Waals surface area contributed by atoms with E-state index in [1.807, 2.05) is 26.0 Å². The topological polar surface area (TPSA) is 70.8 Å². The van der Waals surface area contributed by atoms with Crippen LogP contribution in [0, 0.1) is 17.8 Å². The highest BCUT2D eigenvalue weighted by atomic mass is 16.3. The van der Waals surface area contributed by atoms with Crippen LogP contribution in [0.25, 0.3) is 0 Å². The summed E-state index contributed by atoms with van der Waals surface area (Å²) >= 11 is 0. The molecule has 0 aromatic carbocycles. The Kier molecular flexibility index (Phi) is 5.30. The van der Waals surface area contributed by atoms with Crippen molar-refractivity contribution in [3.63, 3.8) is 0 Å². The average Bonchev–Trinajstić information content (AvgIpc) is 3.20. The van der Waals surface area contributed by atoms with Crippen LogP contribution in [0.4, 0.5) is 0 Å². The van der Waals surface area contributed by atoms with Gasteiger partial charge >= 0.3 is 0 Å². The molecule has 3 rings (SSSR count). The lowest BCUT2D eigenvalue weighted by Crippen LogP contribution is -2.50. The molecule has 1 aromatic heterocycles. The zero-order chi connectivity index (χ0) is 18.8. The zero-order valence-electron chi connectivity index (χ0n) is 15.6. The van der Waals surface area contributed by atoms with Crippen LogP contribution in [0.3, 0.4) is 0 Å². The van der Waals surface area contributed by atoms with Crippen LogP contribution in [-0.4, -0.2) is 40.6 Å². The SMILES string of the molecule is CC(C)CC(C(=O)N(C)Cc1ccco1)N1C(=O)C2CC=CCC2C1=O. The molecule has 3 unspecified atom stereocenters. The summed E-state index contributed by atoms with van der Waals surface area (Å²) in [5, 5.41) is 0. The van der Waals surface area contributed by atoms with E-state index in [9.17, 15) is 14.4 Å². The fourth-order valence-corrected chi connectivity index (χ4v) is 3.86. The molecule has 0 N–H and O–H groups in total. The third kappa shape index (κ3) is 3.45. The van der Waals surface area contributed by atoms with Crippen LogP contribution < -0.4 is 0 Å². The molecule has 2 heterocycles. The Morgan fingerprint density at radius 1 is 1.23 bits per heavy atom. The van der Waals surface area contributed by atoms with E-state index in [0.29, 0.717) is 31.6 Å². The van der Waals surface area contributed by atoms with Gasteiger partial charge in [0.05, 0.1) is 24.6 Å². The van der Waals surface area contributed by atoms with Gasteiger partial charge in [-0.25, -0.2) is 0 Å². The number of hydrogen-bond acceptors (Lipinski definition) is 4. The highest BCUT2D eigenvalue weighted by molar-refractivity contribution is 6.08. The van der Waals surface area contributed by atoms with Crippen LogP contribution >= 0.6 is 0 Å². The van der Waals surface area contributed by atoms with E-state index in [-0.39, 0.29) is 35.5 Å². The molecule has 1 aromatic rings. The van der Waals surface area contributed by atoms with E-state index in [4.69, 9.17) is 4.42 Å². The molecule has 6 nitrogen and oxygen atoms in total. The number of likely N-dealkylation sites (N-methyl/N-ethyl adjacent to an activating group) is 1. The number of hydrogen-bond donors (Lipinski definition) is 0. The van der Waals surface area contributed by atoms with Gasteiger partial charge in [0.1, 0.15) is 11.8 Å². The van der Waals surface area contributed by atoms with Crippen molar-refractivity contribution < 1.29 is 18.8 Å². The second kappa shape index (κ2) is 7.48. The molecule has 1 aliphatic heterocycles. The van der Waals surface area contributed by atoms with E-state index < -0.39 is 6.04 Å². The van der Waals surface area contributed by atoms with Crippen molar-refractivity contribution >= 4 is 17.7 Å². The second-order valence-electron chi connectivity index (χ2n) is 7.62. The number of furan rings is 1. The Morgan fingerprint density at radius 3 is 2.35 bits per heavy atom. The number of amides is 3. The van der Waals surface area contributed by atoms with Gasteiger partial charge in [0, 0.05) is 7.05 Å². The molecule has 1 fully saturated rings. The molecular weight excluding hydrogens is 332 g/mol. The van der Waals surface area contributed by atoms with Crippen molar-refractivity contribution in [2.24, 2.45) is 17.8 Å². The lowest BCUT2D eigenvalue weighted by molar-refractivity contribution is -0.152. The van der Waals surface area contributed by atoms with E-state index in [1.165, 1.54) is 9.80 Å². The normalized spacial score (nSPS) is 23.5. The highest BCUT2D eigenvalue weighted by Gasteiger charge is 2.51. The van der Waals surface area contributed by atoms with Crippen molar-refractivity contribution in [2.45, 2.75) is 45.7 Å². The molecule has 3 amide bonds. The first-order valence-electron chi connectivity index (χ1n) is 9.19. The van der Waals surface area contributed by atoms with Crippen LogP contribution in [0.1, 0.15) is 38.9 Å². The minimum Gasteiger partial charge on any atom is -0.467 e. The monoisotopic (exact) mass is 358 g/mol. The van der Waals surface area contributed by atoms with Gasteiger partial charge in [-0.15, -0.1) is 0 Å². The largest absolute Gasteiger partial charge is 0.467 e. The summed E-state index contributed by atoms with van der Waals surface area (Å²) < 4.78 is 5.31. The molecule has 0 bridgehead atoms. The number of nitrogens with zero attached hydrogens (tertiary/aromatic N) is 2. The number of imide groups is 1. The molecule has 1 aliphatic carbocycles. The highest BCUT2D eigenvalue weighted by Crippen LogP contribution is 2.37. The molecular formula is C20H26N2O4. The smallest absolute Gasteiger partial charge is 0.246 e. The number of fused-ring (bicyclic) bond motifs is 1. The minimum atomic E-state index is -0.749. The van der Waals surface area contributed by atoms with Crippen molar-refractivity contribution in [1.82, 2.24) is 9.80 Å². The first kappa shape index (κ1) is 18.4. The number of allylic oxidation sites excluding steroid dienone is 2. The Morgan fingerprint density at radius 2 is 1.85 bits per heavy atom. The summed E-state index contributed by atoms with van der Waals surface area (Å²) in [4.78, 5) is 41.7. The Hall–Kier alpha value is -2.37. The Bertz CT molecular complexity index is 681. The minimum absolute atomic E-state index is 0.183. The molecule has 0 spiro atoms. The summed E-state index contributed by atoms with van der Waals surface area (Å²) in [6.45, 7) is 4.30. The first-order valence-corrected chi connectivity index (χ1v) is 9.19. The van der Waals surface area contributed by atoms with Gasteiger partial charge < -0.3 is 9.32 Å². The van der Waals surface area contributed by atoms with Crippen molar-refractivity contribution in [3.8, 4) is 0 Å². The summed E-state index contributed by atoms with van der Waals surface area (Å²) in [5.41, 5.74) is 0. The van der Waals surface area contributed by atoms with Gasteiger partial charge in [-0.1, -0.05) is 26.0 Å². The molecule has 6 heteroatoms. The fraction of sp³-hybridized carbons (Fsp3) is 0.550. The summed E-state index contributed by atoms with van der Waals surface area (Å²) in [7, 11) is 1.68. The standard InChI is InChI=1S/C20H26N2O4/c1-13(2)11-17(20(25)21(3)12-14-7-6-10-26-14)22-18(23)15-8-4-5-9-16(15)19(22)24/h4-7,10,13,15-17H,8-9,11-12H2,1-3H3. The van der Waals surface area contributed by atoms with Crippen LogP contribution in [0.15, 0.2) is 35.0 Å². The Balaban J connectivity index is 1.82. The molecule has 3 atom stereocenters. The lowest BCUT2D eigenvalue weighted by Gasteiger charge is -2.30. The van der Waals surface area contributed by atoms with E-state index in [2.05, 4.69) is 0 Å². The first-order chi connectivity index (χ1) is 12.4. The van der Waals surface area contributed by atoms with E-state index in [1.54, 1.807) is 25.4 Å². The third-order valence-corrected chi connectivity index (χ3v) is 5.18. The van der Waals surface area contributed by atoms with Gasteiger partial charge in [0.15, 0.2) is 0 Å². The third-order valence-electron chi connectivity index (χ3n) is 5.18. The maximum Gasteiger partial charge on any atom is 0.246 e. The summed E-state index contributed by atoms with van der Waals surface area (Å²) in [5.74, 6) is -0.396. The number of carbonyl (C=O) groups excluding carboxylic acids is 3. The average molecular weight is 358 g/mol. The van der Waals surface area contributed by atoms with Crippen LogP contribution in [0.5, 0.6) is 0 Å². The van der Waals surface area contributed by atoms with Crippen molar-refractivity contribution in [2.75, 3.05) is 7.05 Å². The van der Waals surface area contributed by atoms with Crippen LogP contribution in [0.2, 0.25) is 0 Å². The molecule has 1 saturated heterocycles. The lowest BCUT2D eigenvalue weighted by atomic mass is 9.85. The van der Waals surface area contributed by atoms with Gasteiger partial charge in [-0.2, -0.15) is 0 Å². The second-order valence-corrected chi connectivity index (χ2v) is 7.62. The number of likely N-dealkylation sites (tertiary alicyclic amines) is 1. The molecule has 2 aliphatic rings. The maximum atomic E-state index is 13.1. The van der Waals surface area contributed by atoms with Gasteiger partial charge in [-0.05, 0) is 37.3 Å². The summed E-state index contributed by atoms with van der Waals surface area (Å²) in [6.07, 6.45) is 7.10. The van der Waals surface area contributed by atoms with Crippen LogP contribution in [-0.2, 0) is 20.9 Å². The predicted octanol–water partition coefficient (Wildman–Crippen LogP) is 2.60.